The summed E-state index contributed by atoms with van der Waals surface area (Å²) in [5.74, 6) is 0.264. The molecule has 0 aliphatic carbocycles. The average Bonchev–Trinajstić information content (AvgIpc) is 2.53. The Morgan fingerprint density at radius 1 is 0.957 bits per heavy atom. The van der Waals surface area contributed by atoms with E-state index in [9.17, 15) is 9.59 Å². The Kier molecular flexibility index (Phi) is 6.15. The van der Waals surface area contributed by atoms with Crippen LogP contribution in [0, 0.1) is 5.92 Å². The Labute approximate surface area is 136 Å². The molecule has 0 saturated heterocycles. The zero-order valence-corrected chi connectivity index (χ0v) is 13.6. The molecule has 0 amide bonds. The van der Waals surface area contributed by atoms with Gasteiger partial charge in [0, 0.05) is 18.2 Å². The topological polar surface area (TPSA) is 52.6 Å². The molecule has 0 spiro atoms. The van der Waals surface area contributed by atoms with E-state index in [4.69, 9.17) is 9.47 Å². The number of esters is 2. The predicted molar refractivity (Wildman–Crippen MR) is 89.2 cm³/mol. The van der Waals surface area contributed by atoms with Crippen molar-refractivity contribution in [1.82, 2.24) is 0 Å². The second kappa shape index (κ2) is 8.32. The van der Waals surface area contributed by atoms with Gasteiger partial charge < -0.3 is 9.47 Å². The van der Waals surface area contributed by atoms with Crippen LogP contribution in [0.15, 0.2) is 42.5 Å². The van der Waals surface area contributed by atoms with Crippen LogP contribution in [0.3, 0.4) is 0 Å². The van der Waals surface area contributed by atoms with Crippen LogP contribution >= 0.6 is 0 Å². The minimum Gasteiger partial charge on any atom is -0.465 e. The number of fused-ring (bicyclic) bond motifs is 1. The quantitative estimate of drug-likeness (QED) is 0.570. The molecule has 0 aliphatic heterocycles. The summed E-state index contributed by atoms with van der Waals surface area (Å²) in [5.41, 5.74) is 0. The molecule has 0 saturated carbocycles. The van der Waals surface area contributed by atoms with E-state index in [0.717, 1.165) is 10.8 Å². The van der Waals surface area contributed by atoms with Crippen molar-refractivity contribution < 1.29 is 19.1 Å². The van der Waals surface area contributed by atoms with Gasteiger partial charge in [0.2, 0.25) is 0 Å². The predicted octanol–water partition coefficient (Wildman–Crippen LogP) is 4.11. The maximum atomic E-state index is 11.9. The SMILES string of the molecule is CC(C)COC(=O)CCCC(=O)Oc1cccc2ccccc12. The smallest absolute Gasteiger partial charge is 0.311 e. The molecule has 23 heavy (non-hydrogen) atoms. The first-order valence-electron chi connectivity index (χ1n) is 7.90. The Balaban J connectivity index is 1.82. The number of hydrogen-bond donors (Lipinski definition) is 0. The van der Waals surface area contributed by atoms with Gasteiger partial charge in [-0.15, -0.1) is 0 Å². The fourth-order valence-electron chi connectivity index (χ4n) is 2.17. The third-order valence-electron chi connectivity index (χ3n) is 3.31. The van der Waals surface area contributed by atoms with Gasteiger partial charge in [0.15, 0.2) is 0 Å². The van der Waals surface area contributed by atoms with E-state index in [-0.39, 0.29) is 24.8 Å². The number of benzene rings is 2. The van der Waals surface area contributed by atoms with E-state index >= 15 is 0 Å². The third kappa shape index (κ3) is 5.40. The lowest BCUT2D eigenvalue weighted by molar-refractivity contribution is -0.145. The van der Waals surface area contributed by atoms with Crippen LogP contribution in [-0.2, 0) is 14.3 Å². The number of ether oxygens (including phenoxy) is 2. The van der Waals surface area contributed by atoms with Gasteiger partial charge >= 0.3 is 11.9 Å². The summed E-state index contributed by atoms with van der Waals surface area (Å²) in [7, 11) is 0. The largest absolute Gasteiger partial charge is 0.465 e. The molecule has 0 radical (unpaired) electrons. The summed E-state index contributed by atoms with van der Waals surface area (Å²) < 4.78 is 10.5. The maximum absolute atomic E-state index is 11.9. The lowest BCUT2D eigenvalue weighted by Gasteiger charge is -2.08. The summed E-state index contributed by atoms with van der Waals surface area (Å²) in [5, 5.41) is 1.93. The minimum atomic E-state index is -0.335. The molecular weight excluding hydrogens is 292 g/mol. The average molecular weight is 314 g/mol. The zero-order chi connectivity index (χ0) is 16.7. The molecule has 0 unspecified atom stereocenters. The van der Waals surface area contributed by atoms with Gasteiger partial charge in [-0.2, -0.15) is 0 Å². The fourth-order valence-corrected chi connectivity index (χ4v) is 2.17. The highest BCUT2D eigenvalue weighted by molar-refractivity contribution is 5.90. The Morgan fingerprint density at radius 3 is 2.43 bits per heavy atom. The van der Waals surface area contributed by atoms with Crippen molar-refractivity contribution in [3.63, 3.8) is 0 Å². The summed E-state index contributed by atoms with van der Waals surface area (Å²) in [4.78, 5) is 23.4. The number of rotatable bonds is 7. The normalized spacial score (nSPS) is 10.7. The highest BCUT2D eigenvalue weighted by Crippen LogP contribution is 2.25. The lowest BCUT2D eigenvalue weighted by atomic mass is 10.1. The zero-order valence-electron chi connectivity index (χ0n) is 13.6. The maximum Gasteiger partial charge on any atom is 0.311 e. The molecule has 4 nitrogen and oxygen atoms in total. The van der Waals surface area contributed by atoms with Gasteiger partial charge in [-0.3, -0.25) is 9.59 Å². The van der Waals surface area contributed by atoms with Crippen molar-refractivity contribution in [2.75, 3.05) is 6.61 Å². The highest BCUT2D eigenvalue weighted by atomic mass is 16.5. The van der Waals surface area contributed by atoms with E-state index < -0.39 is 0 Å². The second-order valence-electron chi connectivity index (χ2n) is 5.88. The number of hydrogen-bond acceptors (Lipinski definition) is 4. The summed E-state index contributed by atoms with van der Waals surface area (Å²) >= 11 is 0. The van der Waals surface area contributed by atoms with Gasteiger partial charge in [-0.05, 0) is 23.8 Å². The van der Waals surface area contributed by atoms with Crippen molar-refractivity contribution in [3.05, 3.63) is 42.5 Å². The highest BCUT2D eigenvalue weighted by Gasteiger charge is 2.10. The first-order valence-corrected chi connectivity index (χ1v) is 7.90. The molecule has 122 valence electrons. The van der Waals surface area contributed by atoms with Crippen LogP contribution in [0.1, 0.15) is 33.1 Å². The van der Waals surface area contributed by atoms with E-state index in [1.165, 1.54) is 0 Å². The van der Waals surface area contributed by atoms with Crippen molar-refractivity contribution in [2.45, 2.75) is 33.1 Å². The summed E-state index contributed by atoms with van der Waals surface area (Å²) in [6.45, 7) is 4.38. The van der Waals surface area contributed by atoms with Crippen molar-refractivity contribution >= 4 is 22.7 Å². The fraction of sp³-hybridized carbons (Fsp3) is 0.368. The molecule has 4 heteroatoms. The Hall–Kier alpha value is -2.36. The van der Waals surface area contributed by atoms with Crippen LogP contribution in [-0.4, -0.2) is 18.5 Å². The first-order chi connectivity index (χ1) is 11.1. The molecule has 2 aromatic rings. The van der Waals surface area contributed by atoms with Crippen LogP contribution in [0.25, 0.3) is 10.8 Å². The van der Waals surface area contributed by atoms with Crippen LogP contribution in [0.2, 0.25) is 0 Å². The van der Waals surface area contributed by atoms with Crippen LogP contribution in [0.5, 0.6) is 5.75 Å². The molecule has 0 bridgehead atoms. The molecule has 0 aromatic heterocycles. The summed E-state index contributed by atoms with van der Waals surface area (Å²) in [6.07, 6.45) is 0.859. The van der Waals surface area contributed by atoms with Crippen molar-refractivity contribution in [3.8, 4) is 5.75 Å². The van der Waals surface area contributed by atoms with Gasteiger partial charge in [-0.25, -0.2) is 0 Å². The van der Waals surface area contributed by atoms with Crippen molar-refractivity contribution in [1.29, 1.82) is 0 Å². The van der Waals surface area contributed by atoms with Gasteiger partial charge in [-0.1, -0.05) is 50.2 Å². The first kappa shape index (κ1) is 17.0. The molecule has 0 aliphatic rings. The molecule has 0 fully saturated rings. The molecule has 2 rings (SSSR count). The standard InChI is InChI=1S/C19H22O4/c1-14(2)13-22-18(20)11-6-12-19(21)23-17-10-5-8-15-7-3-4-9-16(15)17/h3-5,7-10,14H,6,11-13H2,1-2H3. The molecule has 0 heterocycles. The monoisotopic (exact) mass is 314 g/mol. The van der Waals surface area contributed by atoms with Gasteiger partial charge in [0.1, 0.15) is 5.75 Å². The minimum absolute atomic E-state index is 0.194. The Bertz CT molecular complexity index is 671. The number of carbonyl (C=O) groups is 2. The number of carbonyl (C=O) groups excluding carboxylic acids is 2. The van der Waals surface area contributed by atoms with E-state index in [2.05, 4.69) is 0 Å². The molecular formula is C19H22O4. The van der Waals surface area contributed by atoms with E-state index in [1.54, 1.807) is 6.07 Å². The van der Waals surface area contributed by atoms with Gasteiger partial charge in [0.05, 0.1) is 6.61 Å². The Morgan fingerprint density at radius 2 is 1.65 bits per heavy atom. The van der Waals surface area contributed by atoms with Crippen LogP contribution in [0.4, 0.5) is 0 Å². The second-order valence-corrected chi connectivity index (χ2v) is 5.88. The molecule has 0 atom stereocenters. The third-order valence-corrected chi connectivity index (χ3v) is 3.31. The molecule has 2 aromatic carbocycles. The van der Waals surface area contributed by atoms with Crippen LogP contribution < -0.4 is 4.74 Å². The molecule has 0 N–H and O–H groups in total. The summed E-state index contributed by atoms with van der Waals surface area (Å²) in [6, 6.07) is 13.3. The van der Waals surface area contributed by atoms with Crippen molar-refractivity contribution in [2.24, 2.45) is 5.92 Å². The van der Waals surface area contributed by atoms with E-state index in [0.29, 0.717) is 24.7 Å². The van der Waals surface area contributed by atoms with Gasteiger partial charge in [0.25, 0.3) is 0 Å². The van der Waals surface area contributed by atoms with E-state index in [1.807, 2.05) is 50.2 Å². The lowest BCUT2D eigenvalue weighted by Crippen LogP contribution is -2.12.